The van der Waals surface area contributed by atoms with Crippen LogP contribution in [0, 0.1) is 0 Å². The Morgan fingerprint density at radius 3 is 1.69 bits per heavy atom. The molecule has 0 spiro atoms. The van der Waals surface area contributed by atoms with E-state index in [0.717, 1.165) is 45.2 Å². The molecule has 0 aliphatic carbocycles. The third-order valence-electron chi connectivity index (χ3n) is 12.2. The first-order chi connectivity index (χ1) is 30.0. The lowest BCUT2D eigenvalue weighted by Gasteiger charge is -2.28. The van der Waals surface area contributed by atoms with E-state index in [2.05, 4.69) is 206 Å². The maximum absolute atomic E-state index is 6.60. The van der Waals surface area contributed by atoms with Crippen molar-refractivity contribution in [1.29, 1.82) is 0 Å². The van der Waals surface area contributed by atoms with Gasteiger partial charge in [-0.25, -0.2) is 4.98 Å². The average molecular weight is 787 g/mol. The molecule has 11 rings (SSSR count). The van der Waals surface area contributed by atoms with Gasteiger partial charge < -0.3 is 0 Å². The maximum atomic E-state index is 6.60. The van der Waals surface area contributed by atoms with Crippen molar-refractivity contribution in [3.63, 3.8) is 0 Å². The van der Waals surface area contributed by atoms with E-state index in [-0.39, 0.29) is 5.41 Å². The van der Waals surface area contributed by atoms with Crippen LogP contribution in [-0.2, 0) is 10.4 Å². The second-order valence-electron chi connectivity index (χ2n) is 16.1. The minimum atomic E-state index is -0.363. The predicted molar refractivity (Wildman–Crippen MR) is 252 cm³/mol. The largest absolute Gasteiger partial charge is 0.294 e. The summed E-state index contributed by atoms with van der Waals surface area (Å²) in [5, 5.41) is 6.21. The number of hydrogen-bond donors (Lipinski definition) is 0. The van der Waals surface area contributed by atoms with E-state index >= 15 is 0 Å². The van der Waals surface area contributed by atoms with Gasteiger partial charge in [-0.1, -0.05) is 166 Å². The normalized spacial score (nSPS) is 12.6. The number of nitrogens with zero attached hydrogens (tertiary/aromatic N) is 4. The minimum Gasteiger partial charge on any atom is -0.294 e. The molecule has 5 nitrogen and oxygen atoms in total. The number of fused-ring (bicyclic) bond motifs is 4. The Labute approximate surface area is 355 Å². The number of benzene rings is 8. The zero-order chi connectivity index (χ0) is 40.9. The Morgan fingerprint density at radius 2 is 0.984 bits per heavy atom. The number of rotatable bonds is 8. The maximum Gasteiger partial charge on any atom is 0.138 e. The lowest BCUT2D eigenvalue weighted by molar-refractivity contribution is 0.156. The van der Waals surface area contributed by atoms with Gasteiger partial charge >= 0.3 is 0 Å². The summed E-state index contributed by atoms with van der Waals surface area (Å²) in [5.41, 5.74) is 15.2. The van der Waals surface area contributed by atoms with E-state index in [9.17, 15) is 0 Å². The molecule has 0 amide bonds. The molecule has 10 aromatic rings. The Balaban J connectivity index is 1.03. The Hall–Kier alpha value is -7.73. The zero-order valence-electron chi connectivity index (χ0n) is 34.0. The first-order valence-corrected chi connectivity index (χ1v) is 20.8. The molecule has 0 radical (unpaired) electrons. The summed E-state index contributed by atoms with van der Waals surface area (Å²) in [6, 6.07) is 75.2. The molecule has 8 aromatic carbocycles. The number of hydrogen-bond acceptors (Lipinski definition) is 4. The molecule has 292 valence electrons. The Kier molecular flexibility index (Phi) is 8.84. The van der Waals surface area contributed by atoms with Crippen LogP contribution in [0.2, 0.25) is 0 Å². The van der Waals surface area contributed by atoms with Gasteiger partial charge in [-0.05, 0) is 105 Å². The summed E-state index contributed by atoms with van der Waals surface area (Å²) in [7, 11) is 0. The summed E-state index contributed by atoms with van der Waals surface area (Å²) < 4.78 is 2.34. The molecule has 0 unspecified atom stereocenters. The first kappa shape index (κ1) is 36.4. The van der Waals surface area contributed by atoms with Gasteiger partial charge in [-0.3, -0.25) is 4.57 Å². The minimum absolute atomic E-state index is 0.363. The van der Waals surface area contributed by atoms with E-state index in [1.165, 1.54) is 49.7 Å². The fourth-order valence-corrected chi connectivity index (χ4v) is 8.98. The predicted octanol–water partition coefficient (Wildman–Crippen LogP) is 14.6. The van der Waals surface area contributed by atoms with Crippen molar-refractivity contribution in [2.45, 2.75) is 19.3 Å². The Bertz CT molecular complexity index is 3150. The van der Waals surface area contributed by atoms with Crippen molar-refractivity contribution in [1.82, 2.24) is 9.55 Å². The molecule has 0 N–H and O–H groups in total. The standard InChI is InChI=1S/C56H42N4O/c1-56(2,42-22-16-25-45(37-42)60-52-31-15-14-30-51(52)59(61-60)44-23-10-5-11-24-44)43-32-33-49-48-26-12-13-29-50(48)58(53(49)38-43)54-36-41(34-35-57-54)55-46(39-18-6-3-7-19-39)27-17-28-47(55)40-20-8-4-9-21-40/h3-38H,1-2H3. The van der Waals surface area contributed by atoms with Crippen molar-refractivity contribution in [2.75, 3.05) is 10.1 Å². The summed E-state index contributed by atoms with van der Waals surface area (Å²) in [6.07, 6.45) is 1.96. The second kappa shape index (κ2) is 14.8. The van der Waals surface area contributed by atoms with Crippen LogP contribution in [0.15, 0.2) is 219 Å². The van der Waals surface area contributed by atoms with E-state index in [0.29, 0.717) is 0 Å². The second-order valence-corrected chi connectivity index (χ2v) is 16.1. The van der Waals surface area contributed by atoms with Gasteiger partial charge in [0.1, 0.15) is 5.82 Å². The van der Waals surface area contributed by atoms with E-state index in [1.54, 1.807) is 0 Å². The van der Waals surface area contributed by atoms with Crippen LogP contribution in [-0.4, -0.2) is 9.55 Å². The van der Waals surface area contributed by atoms with Gasteiger partial charge in [0.15, 0.2) is 0 Å². The van der Waals surface area contributed by atoms with Crippen molar-refractivity contribution in [3.8, 4) is 39.2 Å². The van der Waals surface area contributed by atoms with Crippen LogP contribution >= 0.6 is 0 Å². The van der Waals surface area contributed by atoms with Crippen LogP contribution in [0.3, 0.4) is 0 Å². The highest BCUT2D eigenvalue weighted by molar-refractivity contribution is 6.09. The fraction of sp³-hybridized carbons (Fsp3) is 0.0536. The van der Waals surface area contributed by atoms with E-state index < -0.39 is 0 Å². The summed E-state index contributed by atoms with van der Waals surface area (Å²) in [6.45, 7) is 4.61. The summed E-state index contributed by atoms with van der Waals surface area (Å²) in [4.78, 5) is 11.7. The molecule has 61 heavy (non-hydrogen) atoms. The molecular formula is C56H42N4O. The lowest BCUT2D eigenvalue weighted by atomic mass is 9.77. The van der Waals surface area contributed by atoms with Gasteiger partial charge in [0.25, 0.3) is 0 Å². The fourth-order valence-electron chi connectivity index (χ4n) is 8.98. The Morgan fingerprint density at radius 1 is 0.426 bits per heavy atom. The zero-order valence-corrected chi connectivity index (χ0v) is 34.0. The smallest absolute Gasteiger partial charge is 0.138 e. The number of anilines is 4. The molecular weight excluding hydrogens is 745 g/mol. The highest BCUT2D eigenvalue weighted by atomic mass is 16.8. The van der Waals surface area contributed by atoms with Crippen LogP contribution in [0.1, 0.15) is 25.0 Å². The summed E-state index contributed by atoms with van der Waals surface area (Å²) in [5.74, 6) is 0.871. The molecule has 0 bridgehead atoms. The van der Waals surface area contributed by atoms with Gasteiger partial charge in [0.05, 0.1) is 33.8 Å². The average Bonchev–Trinajstić information content (AvgIpc) is 3.88. The van der Waals surface area contributed by atoms with Gasteiger partial charge in [0.2, 0.25) is 0 Å². The van der Waals surface area contributed by atoms with Crippen molar-refractivity contribution < 1.29 is 4.94 Å². The highest BCUT2D eigenvalue weighted by Gasteiger charge is 2.32. The lowest BCUT2D eigenvalue weighted by Crippen LogP contribution is -2.22. The van der Waals surface area contributed by atoms with Crippen LogP contribution < -0.4 is 10.1 Å². The van der Waals surface area contributed by atoms with Crippen molar-refractivity contribution in [3.05, 3.63) is 230 Å². The van der Waals surface area contributed by atoms with Gasteiger partial charge in [0, 0.05) is 22.4 Å². The topological polar surface area (TPSA) is 33.5 Å². The molecule has 1 aliphatic rings. The van der Waals surface area contributed by atoms with Gasteiger partial charge in [-0.15, -0.1) is 4.94 Å². The highest BCUT2D eigenvalue weighted by Crippen LogP contribution is 2.47. The monoisotopic (exact) mass is 786 g/mol. The third kappa shape index (κ3) is 6.26. The van der Waals surface area contributed by atoms with E-state index in [4.69, 9.17) is 9.92 Å². The molecule has 0 fully saturated rings. The first-order valence-electron chi connectivity index (χ1n) is 20.8. The molecule has 0 atom stereocenters. The quantitative estimate of drug-likeness (QED) is 0.154. The molecule has 3 heterocycles. The number of para-hydroxylation sites is 4. The summed E-state index contributed by atoms with van der Waals surface area (Å²) >= 11 is 0. The molecule has 0 saturated heterocycles. The molecule has 0 saturated carbocycles. The third-order valence-corrected chi connectivity index (χ3v) is 12.2. The van der Waals surface area contributed by atoms with Crippen LogP contribution in [0.25, 0.3) is 61.0 Å². The van der Waals surface area contributed by atoms with Crippen LogP contribution in [0.5, 0.6) is 0 Å². The number of aromatic nitrogens is 2. The van der Waals surface area contributed by atoms with Crippen molar-refractivity contribution in [2.24, 2.45) is 0 Å². The van der Waals surface area contributed by atoms with Crippen molar-refractivity contribution >= 4 is 44.6 Å². The number of pyridine rings is 1. The molecule has 1 aliphatic heterocycles. The SMILES string of the molecule is CC(C)(c1cccc(N2ON(c3ccccc3)c3ccccc32)c1)c1ccc2c3ccccc3n(-c3cc(-c4c(-c5ccccc5)cccc4-c4ccccc4)ccn3)c2c1. The van der Waals surface area contributed by atoms with E-state index in [1.807, 2.05) is 40.6 Å². The van der Waals surface area contributed by atoms with Crippen LogP contribution in [0.4, 0.5) is 22.7 Å². The molecule has 5 heteroatoms. The molecule has 2 aromatic heterocycles. The van der Waals surface area contributed by atoms with Gasteiger partial charge in [-0.2, -0.15) is 10.1 Å².